The molecule has 0 aliphatic heterocycles. The molecule has 1 amide bonds. The van der Waals surface area contributed by atoms with E-state index in [-0.39, 0.29) is 23.8 Å². The second kappa shape index (κ2) is 8.69. The Labute approximate surface area is 121 Å². The lowest BCUT2D eigenvalue weighted by Crippen LogP contribution is -2.42. The lowest BCUT2D eigenvalue weighted by atomic mass is 10.1. The summed E-state index contributed by atoms with van der Waals surface area (Å²) in [5.41, 5.74) is 1.06. The third kappa shape index (κ3) is 6.66. The zero-order chi connectivity index (χ0) is 15.0. The normalized spacial score (nSPS) is 13.8. The number of benzene rings is 1. The number of halogens is 1. The number of amides is 1. The molecule has 0 bridgehead atoms. The van der Waals surface area contributed by atoms with Gasteiger partial charge in [0.1, 0.15) is 5.82 Å². The van der Waals surface area contributed by atoms with Crippen molar-refractivity contribution in [2.75, 3.05) is 6.54 Å². The first-order valence-electron chi connectivity index (χ1n) is 7.28. The summed E-state index contributed by atoms with van der Waals surface area (Å²) in [4.78, 5) is 11.7. The second-order valence-corrected chi connectivity index (χ2v) is 5.37. The van der Waals surface area contributed by atoms with E-state index < -0.39 is 0 Å². The quantitative estimate of drug-likeness (QED) is 0.768. The van der Waals surface area contributed by atoms with Crippen molar-refractivity contribution in [3.63, 3.8) is 0 Å². The zero-order valence-electron chi connectivity index (χ0n) is 12.6. The van der Waals surface area contributed by atoms with Crippen LogP contribution in [-0.4, -0.2) is 24.5 Å². The molecule has 1 aromatic rings. The third-order valence-electron chi connectivity index (χ3n) is 3.20. The third-order valence-corrected chi connectivity index (χ3v) is 3.20. The highest BCUT2D eigenvalue weighted by molar-refractivity contribution is 5.78. The highest BCUT2D eigenvalue weighted by Crippen LogP contribution is 2.05. The average molecular weight is 280 g/mol. The van der Waals surface area contributed by atoms with Gasteiger partial charge in [0.15, 0.2) is 0 Å². The summed E-state index contributed by atoms with van der Waals surface area (Å²) in [6.45, 7) is 6.46. The van der Waals surface area contributed by atoms with Crippen molar-refractivity contribution in [2.24, 2.45) is 0 Å². The number of nitrogens with one attached hydrogen (secondary N) is 2. The van der Waals surface area contributed by atoms with Crippen LogP contribution in [0.5, 0.6) is 0 Å². The molecule has 0 fully saturated rings. The smallest absolute Gasteiger partial charge is 0.234 e. The summed E-state index contributed by atoms with van der Waals surface area (Å²) in [5, 5.41) is 6.14. The van der Waals surface area contributed by atoms with E-state index in [1.807, 2.05) is 13.8 Å². The van der Waals surface area contributed by atoms with Gasteiger partial charge in [0.25, 0.3) is 0 Å². The van der Waals surface area contributed by atoms with Crippen LogP contribution in [0.2, 0.25) is 0 Å². The maximum Gasteiger partial charge on any atom is 0.234 e. The van der Waals surface area contributed by atoms with Gasteiger partial charge >= 0.3 is 0 Å². The number of hydrogen-bond donors (Lipinski definition) is 2. The Morgan fingerprint density at radius 3 is 2.45 bits per heavy atom. The lowest BCUT2D eigenvalue weighted by molar-refractivity contribution is -0.121. The maximum absolute atomic E-state index is 12.8. The van der Waals surface area contributed by atoms with Gasteiger partial charge in [-0.2, -0.15) is 0 Å². The predicted octanol–water partition coefficient (Wildman–Crippen LogP) is 2.65. The van der Waals surface area contributed by atoms with Gasteiger partial charge in [-0.25, -0.2) is 4.39 Å². The predicted molar refractivity (Wildman–Crippen MR) is 80.1 cm³/mol. The van der Waals surface area contributed by atoms with E-state index in [0.29, 0.717) is 6.54 Å². The molecule has 2 N–H and O–H groups in total. The topological polar surface area (TPSA) is 41.1 Å². The number of rotatable bonds is 8. The molecule has 0 radical (unpaired) electrons. The Kier molecular flexibility index (Phi) is 7.23. The molecular formula is C16H25FN2O. The summed E-state index contributed by atoms with van der Waals surface area (Å²) in [6, 6.07) is 6.87. The van der Waals surface area contributed by atoms with Crippen molar-refractivity contribution >= 4 is 5.91 Å². The van der Waals surface area contributed by atoms with Crippen molar-refractivity contribution in [3.8, 4) is 0 Å². The molecular weight excluding hydrogens is 255 g/mol. The minimum atomic E-state index is -0.223. The molecule has 3 nitrogen and oxygen atoms in total. The monoisotopic (exact) mass is 280 g/mol. The molecule has 0 saturated heterocycles. The minimum Gasteiger partial charge on any atom is -0.353 e. The van der Waals surface area contributed by atoms with Crippen LogP contribution in [0, 0.1) is 5.82 Å². The second-order valence-electron chi connectivity index (χ2n) is 5.37. The fourth-order valence-electron chi connectivity index (χ4n) is 2.14. The van der Waals surface area contributed by atoms with Crippen LogP contribution in [-0.2, 0) is 11.2 Å². The molecule has 2 atom stereocenters. The molecule has 20 heavy (non-hydrogen) atoms. The number of carbonyl (C=O) groups excluding carboxylic acids is 1. The van der Waals surface area contributed by atoms with Crippen molar-refractivity contribution in [2.45, 2.75) is 52.1 Å². The van der Waals surface area contributed by atoms with E-state index in [1.54, 1.807) is 12.1 Å². The van der Waals surface area contributed by atoms with E-state index in [2.05, 4.69) is 17.6 Å². The van der Waals surface area contributed by atoms with Crippen molar-refractivity contribution in [1.29, 1.82) is 0 Å². The molecule has 0 spiro atoms. The van der Waals surface area contributed by atoms with Crippen LogP contribution in [0.1, 0.15) is 39.2 Å². The van der Waals surface area contributed by atoms with E-state index in [0.717, 1.165) is 24.8 Å². The number of carbonyl (C=O) groups is 1. The van der Waals surface area contributed by atoms with Gasteiger partial charge in [-0.3, -0.25) is 4.79 Å². The largest absolute Gasteiger partial charge is 0.353 e. The SMILES string of the molecule is CCCC(C)NC(=O)CNC(C)Cc1ccc(F)cc1. The lowest BCUT2D eigenvalue weighted by Gasteiger charge is -2.16. The molecule has 4 heteroatoms. The van der Waals surface area contributed by atoms with E-state index in [4.69, 9.17) is 0 Å². The van der Waals surface area contributed by atoms with Crippen LogP contribution in [0.25, 0.3) is 0 Å². The van der Waals surface area contributed by atoms with Gasteiger partial charge < -0.3 is 10.6 Å². The van der Waals surface area contributed by atoms with Crippen LogP contribution in [0.3, 0.4) is 0 Å². The summed E-state index contributed by atoms with van der Waals surface area (Å²) in [5.74, 6) is -0.199. The Balaban J connectivity index is 2.27. The molecule has 0 aromatic heterocycles. The van der Waals surface area contributed by atoms with Crippen molar-refractivity contribution in [1.82, 2.24) is 10.6 Å². The van der Waals surface area contributed by atoms with Crippen LogP contribution in [0.4, 0.5) is 4.39 Å². The maximum atomic E-state index is 12.8. The molecule has 0 heterocycles. The summed E-state index contributed by atoms with van der Waals surface area (Å²) in [7, 11) is 0. The first-order chi connectivity index (χ1) is 9.51. The van der Waals surface area contributed by atoms with Crippen LogP contribution < -0.4 is 10.6 Å². The van der Waals surface area contributed by atoms with Gasteiger partial charge in [0.05, 0.1) is 6.54 Å². The molecule has 1 aromatic carbocycles. The number of hydrogen-bond acceptors (Lipinski definition) is 2. The first-order valence-corrected chi connectivity index (χ1v) is 7.28. The summed E-state index contributed by atoms with van der Waals surface area (Å²) < 4.78 is 12.8. The van der Waals surface area contributed by atoms with Gasteiger partial charge in [-0.1, -0.05) is 25.5 Å². The fraction of sp³-hybridized carbons (Fsp3) is 0.562. The Morgan fingerprint density at radius 1 is 1.20 bits per heavy atom. The highest BCUT2D eigenvalue weighted by atomic mass is 19.1. The van der Waals surface area contributed by atoms with Gasteiger partial charge in [-0.15, -0.1) is 0 Å². The molecule has 1 rings (SSSR count). The fourth-order valence-corrected chi connectivity index (χ4v) is 2.14. The van der Waals surface area contributed by atoms with Gasteiger partial charge in [-0.05, 0) is 44.4 Å². The molecule has 2 unspecified atom stereocenters. The van der Waals surface area contributed by atoms with Gasteiger partial charge in [0, 0.05) is 12.1 Å². The average Bonchev–Trinajstić information content (AvgIpc) is 2.39. The Bertz CT molecular complexity index is 405. The summed E-state index contributed by atoms with van der Waals surface area (Å²) in [6.07, 6.45) is 2.84. The van der Waals surface area contributed by atoms with Crippen molar-refractivity contribution < 1.29 is 9.18 Å². The Hall–Kier alpha value is -1.42. The minimum absolute atomic E-state index is 0.0249. The molecule has 0 aliphatic carbocycles. The zero-order valence-corrected chi connectivity index (χ0v) is 12.6. The van der Waals surface area contributed by atoms with Crippen LogP contribution in [0.15, 0.2) is 24.3 Å². The highest BCUT2D eigenvalue weighted by Gasteiger charge is 2.09. The molecule has 112 valence electrons. The van der Waals surface area contributed by atoms with Crippen LogP contribution >= 0.6 is 0 Å². The van der Waals surface area contributed by atoms with E-state index in [1.165, 1.54) is 12.1 Å². The first kappa shape index (κ1) is 16.6. The van der Waals surface area contributed by atoms with E-state index >= 15 is 0 Å². The van der Waals surface area contributed by atoms with Crippen molar-refractivity contribution in [3.05, 3.63) is 35.6 Å². The van der Waals surface area contributed by atoms with Gasteiger partial charge in [0.2, 0.25) is 5.91 Å². The van der Waals surface area contributed by atoms with E-state index in [9.17, 15) is 9.18 Å². The molecule has 0 saturated carbocycles. The standard InChI is InChI=1S/C16H25FN2O/c1-4-5-12(2)19-16(20)11-18-13(3)10-14-6-8-15(17)9-7-14/h6-9,12-13,18H,4-5,10-11H2,1-3H3,(H,19,20). The Morgan fingerprint density at radius 2 is 1.85 bits per heavy atom. The molecule has 0 aliphatic rings. The summed E-state index contributed by atoms with van der Waals surface area (Å²) >= 11 is 0.